The smallest absolute Gasteiger partial charge is 0.462 e. The summed E-state index contributed by atoms with van der Waals surface area (Å²) in [5.41, 5.74) is 0. The molecular weight excluding hydrogens is 1210 g/mol. The van der Waals surface area contributed by atoms with Gasteiger partial charge in [-0.3, -0.25) is 37.3 Å². The summed E-state index contributed by atoms with van der Waals surface area (Å²) < 4.78 is 68.3. The Kier molecular flexibility index (Phi) is 62.4. The minimum Gasteiger partial charge on any atom is -0.462 e. The highest BCUT2D eigenvalue weighted by Crippen LogP contribution is 2.45. The van der Waals surface area contributed by atoms with Crippen LogP contribution in [0.15, 0.2) is 0 Å². The topological polar surface area (TPSA) is 237 Å². The molecule has 0 bridgehead atoms. The van der Waals surface area contributed by atoms with E-state index in [1.54, 1.807) is 0 Å². The number of aliphatic hydroxyl groups excluding tert-OH is 1. The van der Waals surface area contributed by atoms with Crippen molar-refractivity contribution in [2.45, 2.75) is 388 Å². The molecule has 0 radical (unpaired) electrons. The van der Waals surface area contributed by atoms with Crippen LogP contribution in [-0.2, 0) is 65.4 Å². The first-order chi connectivity index (χ1) is 44.3. The predicted octanol–water partition coefficient (Wildman–Crippen LogP) is 21.0. The van der Waals surface area contributed by atoms with E-state index >= 15 is 0 Å². The van der Waals surface area contributed by atoms with Crippen molar-refractivity contribution in [2.75, 3.05) is 39.6 Å². The van der Waals surface area contributed by atoms with Crippen LogP contribution >= 0.6 is 15.6 Å². The van der Waals surface area contributed by atoms with Crippen LogP contribution in [0.4, 0.5) is 0 Å². The van der Waals surface area contributed by atoms with Gasteiger partial charge in [0.1, 0.15) is 19.3 Å². The van der Waals surface area contributed by atoms with Crippen molar-refractivity contribution in [3.8, 4) is 0 Å². The Morgan fingerprint density at radius 1 is 0.315 bits per heavy atom. The number of esters is 4. The fourth-order valence-electron chi connectivity index (χ4n) is 11.0. The van der Waals surface area contributed by atoms with Gasteiger partial charge in [0.2, 0.25) is 0 Å². The van der Waals surface area contributed by atoms with Gasteiger partial charge in [-0.05, 0) is 43.4 Å². The van der Waals surface area contributed by atoms with Gasteiger partial charge >= 0.3 is 39.5 Å². The maximum atomic E-state index is 13.0. The normalized spacial score (nSPS) is 14.4. The Bertz CT molecular complexity index is 1800. The third kappa shape index (κ3) is 65.4. The molecule has 3 N–H and O–H groups in total. The number of phosphoric acid groups is 2. The van der Waals surface area contributed by atoms with E-state index in [9.17, 15) is 43.2 Å². The molecule has 0 aliphatic heterocycles. The fourth-order valence-corrected chi connectivity index (χ4v) is 12.6. The molecule has 0 aromatic carbocycles. The minimum atomic E-state index is -4.95. The summed E-state index contributed by atoms with van der Waals surface area (Å²) in [7, 11) is -9.90. The SMILES string of the molecule is CCCCCCCCCCCCCCCCCCCCCCC(=O)O[C@H](COC(=O)CCCCCCCCCCC(C)CC)COP(=O)(O)OC[C@@H](O)COP(=O)(O)OC[C@@H](COC(=O)CCCCCCCCC(C)C)OC(=O)CCCCCCCCCCC(C)C. The molecule has 0 rings (SSSR count). The average molecular weight is 1350 g/mol. The van der Waals surface area contributed by atoms with Crippen molar-refractivity contribution in [3.63, 3.8) is 0 Å². The largest absolute Gasteiger partial charge is 0.472 e. The number of hydrogen-bond acceptors (Lipinski definition) is 15. The Morgan fingerprint density at radius 3 is 0.826 bits per heavy atom. The summed E-state index contributed by atoms with van der Waals surface area (Å²) in [6.45, 7) is 11.7. The van der Waals surface area contributed by atoms with E-state index in [0.717, 1.165) is 108 Å². The number of carbonyl (C=O) groups excluding carboxylic acids is 4. The van der Waals surface area contributed by atoms with E-state index in [4.69, 9.17) is 37.0 Å². The van der Waals surface area contributed by atoms with Crippen LogP contribution in [0.2, 0.25) is 0 Å². The molecule has 0 aliphatic rings. The van der Waals surface area contributed by atoms with Gasteiger partial charge in [-0.15, -0.1) is 0 Å². The number of unbranched alkanes of at least 4 members (excludes halogenated alkanes) is 38. The zero-order valence-corrected chi connectivity index (χ0v) is 61.8. The predicted molar refractivity (Wildman–Crippen MR) is 372 cm³/mol. The second kappa shape index (κ2) is 63.8. The minimum absolute atomic E-state index is 0.103. The van der Waals surface area contributed by atoms with Gasteiger partial charge in [0.25, 0.3) is 0 Å². The summed E-state index contributed by atoms with van der Waals surface area (Å²) in [5, 5.41) is 10.6. The number of hydrogen-bond donors (Lipinski definition) is 3. The van der Waals surface area contributed by atoms with E-state index < -0.39 is 97.5 Å². The van der Waals surface area contributed by atoms with Gasteiger partial charge in [0.15, 0.2) is 12.2 Å². The van der Waals surface area contributed by atoms with Crippen LogP contribution in [0.3, 0.4) is 0 Å². The van der Waals surface area contributed by atoms with E-state index in [0.29, 0.717) is 31.6 Å². The van der Waals surface area contributed by atoms with Gasteiger partial charge in [-0.2, -0.15) is 0 Å². The van der Waals surface area contributed by atoms with Crippen molar-refractivity contribution in [1.29, 1.82) is 0 Å². The quantitative estimate of drug-likeness (QED) is 0.0222. The lowest BCUT2D eigenvalue weighted by atomic mass is 9.99. The van der Waals surface area contributed by atoms with Gasteiger partial charge in [0, 0.05) is 25.7 Å². The summed E-state index contributed by atoms with van der Waals surface area (Å²) in [4.78, 5) is 72.6. The first-order valence-corrected chi connectivity index (χ1v) is 40.9. The van der Waals surface area contributed by atoms with E-state index in [1.807, 2.05) is 0 Å². The molecule has 0 aromatic heterocycles. The lowest BCUT2D eigenvalue weighted by Crippen LogP contribution is -2.30. The van der Waals surface area contributed by atoms with Crippen LogP contribution in [0.25, 0.3) is 0 Å². The highest BCUT2D eigenvalue weighted by Gasteiger charge is 2.30. The van der Waals surface area contributed by atoms with Gasteiger partial charge < -0.3 is 33.8 Å². The van der Waals surface area contributed by atoms with Crippen molar-refractivity contribution >= 4 is 39.5 Å². The summed E-state index contributed by atoms with van der Waals surface area (Å²) in [6.07, 6.45) is 48.9. The number of phosphoric ester groups is 2. The number of ether oxygens (including phenoxy) is 4. The molecule has 6 atom stereocenters. The Labute approximate surface area is 562 Å². The molecular formula is C73H142O17P2. The summed E-state index contributed by atoms with van der Waals surface area (Å²) >= 11 is 0. The average Bonchev–Trinajstić information content (AvgIpc) is 2.25. The second-order valence-corrected chi connectivity index (χ2v) is 30.4. The number of carbonyl (C=O) groups is 4. The molecule has 17 nitrogen and oxygen atoms in total. The molecule has 0 aromatic rings. The number of rotatable bonds is 71. The molecule has 0 saturated carbocycles. The zero-order valence-electron chi connectivity index (χ0n) is 60.0. The van der Waals surface area contributed by atoms with Crippen LogP contribution < -0.4 is 0 Å². The maximum absolute atomic E-state index is 13.0. The Morgan fingerprint density at radius 2 is 0.554 bits per heavy atom. The maximum Gasteiger partial charge on any atom is 0.472 e. The molecule has 0 fully saturated rings. The van der Waals surface area contributed by atoms with E-state index in [2.05, 4.69) is 48.5 Å². The van der Waals surface area contributed by atoms with E-state index in [-0.39, 0.29) is 25.7 Å². The molecule has 0 amide bonds. The van der Waals surface area contributed by atoms with Crippen molar-refractivity contribution in [3.05, 3.63) is 0 Å². The molecule has 3 unspecified atom stereocenters. The molecule has 0 saturated heterocycles. The lowest BCUT2D eigenvalue weighted by molar-refractivity contribution is -0.161. The van der Waals surface area contributed by atoms with Crippen LogP contribution in [0.1, 0.15) is 370 Å². The zero-order chi connectivity index (χ0) is 68.0. The molecule has 546 valence electrons. The Balaban J connectivity index is 5.20. The first-order valence-electron chi connectivity index (χ1n) is 37.9. The Hall–Kier alpha value is -1.94. The molecule has 0 spiro atoms. The molecule has 0 heterocycles. The van der Waals surface area contributed by atoms with Crippen molar-refractivity contribution in [2.24, 2.45) is 17.8 Å². The second-order valence-electron chi connectivity index (χ2n) is 27.5. The summed E-state index contributed by atoms with van der Waals surface area (Å²) in [6, 6.07) is 0. The van der Waals surface area contributed by atoms with Crippen LogP contribution in [0, 0.1) is 17.8 Å². The van der Waals surface area contributed by atoms with Gasteiger partial charge in [-0.25, -0.2) is 9.13 Å². The monoisotopic (exact) mass is 1350 g/mol. The molecule has 19 heteroatoms. The molecule has 92 heavy (non-hydrogen) atoms. The van der Waals surface area contributed by atoms with Gasteiger partial charge in [0.05, 0.1) is 26.4 Å². The van der Waals surface area contributed by atoms with Crippen molar-refractivity contribution < 1.29 is 80.2 Å². The number of aliphatic hydroxyl groups is 1. The van der Waals surface area contributed by atoms with Crippen molar-refractivity contribution in [1.82, 2.24) is 0 Å². The first kappa shape index (κ1) is 90.1. The highest BCUT2D eigenvalue weighted by atomic mass is 31.2. The molecule has 0 aliphatic carbocycles. The third-order valence-electron chi connectivity index (χ3n) is 17.2. The summed E-state index contributed by atoms with van der Waals surface area (Å²) in [5.74, 6) is 0.0475. The highest BCUT2D eigenvalue weighted by molar-refractivity contribution is 7.47. The third-order valence-corrected chi connectivity index (χ3v) is 19.1. The van der Waals surface area contributed by atoms with Crippen LogP contribution in [-0.4, -0.2) is 96.7 Å². The van der Waals surface area contributed by atoms with Crippen LogP contribution in [0.5, 0.6) is 0 Å². The lowest BCUT2D eigenvalue weighted by Gasteiger charge is -2.21. The van der Waals surface area contributed by atoms with Gasteiger partial charge in [-0.1, -0.05) is 318 Å². The standard InChI is InChI=1S/C73H142O17P2/c1-8-10-11-12-13-14-15-16-17-18-19-20-21-22-23-24-25-33-42-49-56-72(77)89-68(60-83-70(75)54-47-40-32-29-27-31-39-46-53-66(7)9-2)62-87-91(79,80)85-58-67(74)59-86-92(81,82)88-63-69(61-84-71(76)55-48-41-36-35-38-45-52-65(5)6)90-73(78)57-50-43-34-28-26-30-37-44-51-64(3)4/h64-69,74H,8-63H2,1-7H3,(H,79,80)(H,81,82)/t66?,67-,68-,69-/m1/s1. The van der Waals surface area contributed by atoms with E-state index in [1.165, 1.54) is 173 Å². The fraction of sp³-hybridized carbons (Fsp3) is 0.945.